The van der Waals surface area contributed by atoms with Crippen LogP contribution in [0.3, 0.4) is 0 Å². The minimum Gasteiger partial charge on any atom is -0.444 e. The van der Waals surface area contributed by atoms with Crippen LogP contribution in [-0.2, 0) is 53.3 Å². The van der Waals surface area contributed by atoms with Crippen molar-refractivity contribution in [2.75, 3.05) is 39.3 Å². The Bertz CT molecular complexity index is 2300. The second kappa shape index (κ2) is 21.4. The third kappa shape index (κ3) is 12.3. The van der Waals surface area contributed by atoms with Crippen molar-refractivity contribution in [3.63, 3.8) is 0 Å². The van der Waals surface area contributed by atoms with Gasteiger partial charge >= 0.3 is 6.09 Å². The molecule has 6 heterocycles. The molecule has 0 atom stereocenters. The number of hydrogen-bond acceptors (Lipinski definition) is 7. The Labute approximate surface area is 391 Å². The van der Waals surface area contributed by atoms with Crippen LogP contribution in [0.1, 0.15) is 104 Å². The maximum atomic E-state index is 14.4. The molecule has 4 aliphatic heterocycles. The van der Waals surface area contributed by atoms with E-state index in [2.05, 4.69) is 15.5 Å². The number of fused-ring (bicyclic) bond motifs is 2. The number of aryl methyl sites for hydroxylation is 2. The first-order valence-electron chi connectivity index (χ1n) is 22.2. The van der Waals surface area contributed by atoms with Crippen LogP contribution in [0.2, 0.25) is 10.0 Å². The topological polar surface area (TPSA) is 118 Å². The van der Waals surface area contributed by atoms with Gasteiger partial charge in [-0.05, 0) is 133 Å². The van der Waals surface area contributed by atoms with Crippen LogP contribution in [0.5, 0.6) is 0 Å². The zero-order chi connectivity index (χ0) is 45.0. The highest BCUT2D eigenvalue weighted by atomic mass is 35.5. The van der Waals surface area contributed by atoms with E-state index in [-0.39, 0.29) is 47.9 Å². The van der Waals surface area contributed by atoms with Gasteiger partial charge in [-0.1, -0.05) is 35.3 Å². The van der Waals surface area contributed by atoms with Gasteiger partial charge in [-0.2, -0.15) is 10.2 Å². The summed E-state index contributed by atoms with van der Waals surface area (Å²) in [7, 11) is 0. The van der Waals surface area contributed by atoms with Crippen molar-refractivity contribution in [1.29, 1.82) is 0 Å². The lowest BCUT2D eigenvalue weighted by molar-refractivity contribution is -0.134. The van der Waals surface area contributed by atoms with Gasteiger partial charge in [-0.3, -0.25) is 19.0 Å². The normalized spacial score (nSPS) is 16.9. The summed E-state index contributed by atoms with van der Waals surface area (Å²) >= 11 is 11.8. The van der Waals surface area contributed by atoms with E-state index in [4.69, 9.17) is 27.9 Å². The highest BCUT2D eigenvalue weighted by Crippen LogP contribution is 2.29. The van der Waals surface area contributed by atoms with Gasteiger partial charge in [0.05, 0.1) is 49.0 Å². The number of ether oxygens (including phenoxy) is 1. The average molecular weight is 946 g/mol. The first-order chi connectivity index (χ1) is 30.0. The Morgan fingerprint density at radius 3 is 1.56 bits per heavy atom. The SMILES string of the molecule is Cc1nn(Cc2ccc(Cl)cc2F)c2c1CCN(C(=O)CC1CCN(C(=O)OC(C)(C)C)CC1)C2.Cc1nn(Cc2ccc(Cl)cc2F)c2c1CCN(C(=O)CC1CCNCC1)C2.Cl. The molecule has 2 aromatic heterocycles. The Kier molecular flexibility index (Phi) is 16.4. The molecule has 2 aromatic carbocycles. The largest absolute Gasteiger partial charge is 0.444 e. The number of carbonyl (C=O) groups is 3. The van der Waals surface area contributed by atoms with Crippen LogP contribution in [0.25, 0.3) is 0 Å². The van der Waals surface area contributed by atoms with Gasteiger partial charge in [-0.15, -0.1) is 12.4 Å². The van der Waals surface area contributed by atoms with E-state index in [1.807, 2.05) is 53.8 Å². The number of benzene rings is 2. The second-order valence-electron chi connectivity index (χ2n) is 18.5. The maximum absolute atomic E-state index is 14.4. The quantitative estimate of drug-likeness (QED) is 0.188. The highest BCUT2D eigenvalue weighted by molar-refractivity contribution is 6.30. The van der Waals surface area contributed by atoms with Crippen molar-refractivity contribution in [3.8, 4) is 0 Å². The molecule has 4 aliphatic rings. The summed E-state index contributed by atoms with van der Waals surface area (Å²) in [5.41, 5.74) is 6.78. The minimum atomic E-state index is -0.513. The molecule has 64 heavy (non-hydrogen) atoms. The van der Waals surface area contributed by atoms with Gasteiger partial charge in [-0.25, -0.2) is 13.6 Å². The number of nitrogens with one attached hydrogen (secondary N) is 1. The molecule has 12 nitrogen and oxygen atoms in total. The monoisotopic (exact) mass is 944 g/mol. The Morgan fingerprint density at radius 1 is 0.703 bits per heavy atom. The molecule has 2 saturated heterocycles. The van der Waals surface area contributed by atoms with E-state index < -0.39 is 5.60 Å². The fraction of sp³-hybridized carbons (Fsp3) is 0.553. The van der Waals surface area contributed by atoms with Crippen molar-refractivity contribution in [3.05, 3.63) is 103 Å². The van der Waals surface area contributed by atoms with Crippen molar-refractivity contribution < 1.29 is 27.9 Å². The summed E-state index contributed by atoms with van der Waals surface area (Å²) in [5.74, 6) is 0.377. The van der Waals surface area contributed by atoms with E-state index in [0.29, 0.717) is 85.7 Å². The molecule has 17 heteroatoms. The standard InChI is InChI=1S/C26H34ClFN4O3.C21H26ClFN4O.ClH/c1-17-21-9-12-31(16-23(21)32(29-17)15-19-5-6-20(27)14-22(19)28)24(33)13-18-7-10-30(11-8-18)25(34)35-26(2,3)4;1-14-18-6-9-26(21(28)10-15-4-7-24-8-5-15)13-20(18)27(25-14)12-16-2-3-17(22)11-19(16)23;/h5-6,14,18H,7-13,15-16H2,1-4H3;2-3,11,15,24H,4-10,12-13H2,1H3;1H. The third-order valence-corrected chi connectivity index (χ3v) is 13.2. The average Bonchev–Trinajstić information content (AvgIpc) is 3.73. The number of rotatable bonds is 8. The van der Waals surface area contributed by atoms with E-state index in [9.17, 15) is 23.2 Å². The van der Waals surface area contributed by atoms with Crippen LogP contribution in [-0.4, -0.2) is 97.0 Å². The summed E-state index contributed by atoms with van der Waals surface area (Å²) < 4.78 is 37.7. The van der Waals surface area contributed by atoms with Gasteiger partial charge in [0.2, 0.25) is 11.8 Å². The van der Waals surface area contributed by atoms with E-state index in [1.165, 1.54) is 17.7 Å². The van der Waals surface area contributed by atoms with Crippen LogP contribution in [0.15, 0.2) is 36.4 Å². The van der Waals surface area contributed by atoms with Crippen molar-refractivity contribution >= 4 is 53.5 Å². The lowest BCUT2D eigenvalue weighted by Crippen LogP contribution is -2.43. The molecular formula is C47H61Cl3F2N8O4. The maximum Gasteiger partial charge on any atom is 0.410 e. The highest BCUT2D eigenvalue weighted by Gasteiger charge is 2.32. The molecule has 2 fully saturated rings. The van der Waals surface area contributed by atoms with E-state index >= 15 is 0 Å². The number of aromatic nitrogens is 4. The Hall–Kier alpha value is -4.24. The molecule has 4 aromatic rings. The van der Waals surface area contributed by atoms with Crippen LogP contribution < -0.4 is 5.32 Å². The van der Waals surface area contributed by atoms with Crippen LogP contribution in [0, 0.1) is 37.3 Å². The van der Waals surface area contributed by atoms with Gasteiger partial charge < -0.3 is 24.8 Å². The fourth-order valence-electron chi connectivity index (χ4n) is 9.14. The first-order valence-corrected chi connectivity index (χ1v) is 23.0. The molecule has 0 spiro atoms. The second-order valence-corrected chi connectivity index (χ2v) is 19.3. The summed E-state index contributed by atoms with van der Waals surface area (Å²) in [4.78, 5) is 43.9. The summed E-state index contributed by atoms with van der Waals surface area (Å²) in [6, 6.07) is 9.38. The molecule has 0 aliphatic carbocycles. The van der Waals surface area contributed by atoms with Gasteiger partial charge in [0.25, 0.3) is 0 Å². The third-order valence-electron chi connectivity index (χ3n) is 12.7. The van der Waals surface area contributed by atoms with Crippen LogP contribution >= 0.6 is 35.6 Å². The van der Waals surface area contributed by atoms with Crippen LogP contribution in [0.4, 0.5) is 13.6 Å². The number of likely N-dealkylation sites (tertiary alicyclic amines) is 1. The predicted octanol–water partition coefficient (Wildman–Crippen LogP) is 8.68. The summed E-state index contributed by atoms with van der Waals surface area (Å²) in [5, 5.41) is 13.4. The number of halogens is 5. The van der Waals surface area contributed by atoms with E-state index in [0.717, 1.165) is 86.5 Å². The molecule has 1 N–H and O–H groups in total. The molecule has 0 unspecified atom stereocenters. The summed E-state index contributed by atoms with van der Waals surface area (Å²) in [6.07, 6.45) is 6.07. The lowest BCUT2D eigenvalue weighted by atomic mass is 9.92. The smallest absolute Gasteiger partial charge is 0.410 e. The molecule has 8 rings (SSSR count). The zero-order valence-electron chi connectivity index (χ0n) is 37.5. The molecule has 0 radical (unpaired) electrons. The van der Waals surface area contributed by atoms with Gasteiger partial charge in [0.15, 0.2) is 0 Å². The molecular weight excluding hydrogens is 885 g/mol. The molecule has 3 amide bonds. The number of amides is 3. The Balaban J connectivity index is 0.000000214. The number of hydrogen-bond donors (Lipinski definition) is 1. The summed E-state index contributed by atoms with van der Waals surface area (Å²) in [6.45, 7) is 15.8. The number of nitrogens with zero attached hydrogens (tertiary/aromatic N) is 7. The van der Waals surface area contributed by atoms with Crippen molar-refractivity contribution in [2.45, 2.75) is 118 Å². The zero-order valence-corrected chi connectivity index (χ0v) is 39.9. The van der Waals surface area contributed by atoms with Gasteiger partial charge in [0.1, 0.15) is 17.2 Å². The molecule has 0 saturated carbocycles. The lowest BCUT2D eigenvalue weighted by Gasteiger charge is -2.34. The number of piperidine rings is 2. The van der Waals surface area contributed by atoms with Crippen molar-refractivity contribution in [2.24, 2.45) is 11.8 Å². The molecule has 348 valence electrons. The molecule has 0 bridgehead atoms. The first kappa shape index (κ1) is 49.2. The van der Waals surface area contributed by atoms with Crippen molar-refractivity contribution in [1.82, 2.24) is 39.6 Å². The fourth-order valence-corrected chi connectivity index (χ4v) is 9.46. The van der Waals surface area contributed by atoms with Gasteiger partial charge in [0, 0.05) is 60.2 Å². The minimum absolute atomic E-state index is 0. The number of carbonyl (C=O) groups excluding carboxylic acids is 3. The van der Waals surface area contributed by atoms with E-state index in [1.54, 1.807) is 29.2 Å². The predicted molar refractivity (Wildman–Crippen MR) is 246 cm³/mol. The Morgan fingerprint density at radius 2 is 1.14 bits per heavy atom.